The molecule has 54 valence electrons. The average Bonchev–Trinajstić information content (AvgIpc) is 1.88. The summed E-state index contributed by atoms with van der Waals surface area (Å²) < 4.78 is 0. The van der Waals surface area contributed by atoms with Gasteiger partial charge in [-0.2, -0.15) is 0 Å². The molecular weight excluding hydrogens is 169 g/mol. The van der Waals surface area contributed by atoms with Crippen molar-refractivity contribution in [2.24, 2.45) is 5.73 Å². The van der Waals surface area contributed by atoms with Crippen molar-refractivity contribution in [1.82, 2.24) is 0 Å². The fraction of sp³-hybridized carbons (Fsp3) is 0. The molecule has 0 aliphatic heterocycles. The van der Waals surface area contributed by atoms with Crippen molar-refractivity contribution >= 4 is 48.1 Å². The van der Waals surface area contributed by atoms with E-state index in [4.69, 9.17) is 5.73 Å². The number of primary amides is 1. The zero-order valence-corrected chi connectivity index (χ0v) is 6.14. The third-order valence-electron chi connectivity index (χ3n) is 1.15. The van der Waals surface area contributed by atoms with Crippen LogP contribution < -0.4 is 5.73 Å². The summed E-state index contributed by atoms with van der Waals surface area (Å²) >= 11 is 4.05. The number of amides is 1. The Morgan fingerprint density at radius 3 is 2.09 bits per heavy atom. The Morgan fingerprint density at radius 2 is 1.73 bits per heavy atom. The van der Waals surface area contributed by atoms with Gasteiger partial charge in [0, 0.05) is 10.5 Å². The van der Waals surface area contributed by atoms with Gasteiger partial charge in [0.1, 0.15) is 0 Å². The Morgan fingerprint density at radius 1 is 1.27 bits per heavy atom. The van der Waals surface area contributed by atoms with Crippen LogP contribution in [0.3, 0.4) is 0 Å². The maximum absolute atomic E-state index is 10.5. The summed E-state index contributed by atoms with van der Waals surface area (Å²) in [5.41, 5.74) is 5.51. The van der Waals surface area contributed by atoms with Crippen LogP contribution in [-0.2, 0) is 0 Å². The molecule has 0 aliphatic rings. The summed E-state index contributed by atoms with van der Waals surface area (Å²) in [7, 11) is 0. The van der Waals surface area contributed by atoms with Crippen molar-refractivity contribution < 1.29 is 4.79 Å². The predicted molar refractivity (Wildman–Crippen MR) is 49.4 cm³/mol. The molecule has 0 aromatic heterocycles. The van der Waals surface area contributed by atoms with Gasteiger partial charge in [-0.25, -0.2) is 0 Å². The molecule has 2 nitrogen and oxygen atoms in total. The Hall–Kier alpha value is 0.0400. The van der Waals surface area contributed by atoms with Crippen LogP contribution in [0.5, 0.6) is 0 Å². The molecule has 1 amide bonds. The number of hydrogen-bond acceptors (Lipinski definition) is 2. The molecule has 11 heavy (non-hydrogen) atoms. The maximum atomic E-state index is 10.5. The fourth-order valence-corrected chi connectivity index (χ4v) is 0.775. The van der Waals surface area contributed by atoms with Crippen molar-refractivity contribution in [2.45, 2.75) is 4.90 Å². The zero-order valence-electron chi connectivity index (χ0n) is 5.24. The molecule has 0 atom stereocenters. The van der Waals surface area contributed by atoms with Crippen LogP contribution in [-0.4, -0.2) is 35.5 Å². The molecule has 0 saturated carbocycles. The van der Waals surface area contributed by atoms with E-state index in [0.29, 0.717) is 5.56 Å². The van der Waals surface area contributed by atoms with E-state index in [-0.39, 0.29) is 29.6 Å². The van der Waals surface area contributed by atoms with Gasteiger partial charge in [-0.05, 0) is 24.3 Å². The molecule has 1 rings (SSSR count). The molecule has 0 bridgehead atoms. The minimum absolute atomic E-state index is 0. The molecule has 2 N–H and O–H groups in total. The second kappa shape index (κ2) is 4.83. The number of thiol groups is 1. The number of nitrogens with two attached hydrogens (primary N) is 1. The first-order valence-electron chi connectivity index (χ1n) is 2.79. The van der Waals surface area contributed by atoms with Crippen LogP contribution in [0.2, 0.25) is 0 Å². The van der Waals surface area contributed by atoms with Crippen molar-refractivity contribution in [3.05, 3.63) is 29.8 Å². The van der Waals surface area contributed by atoms with Crippen molar-refractivity contribution in [3.63, 3.8) is 0 Å². The first kappa shape index (κ1) is 11.0. The van der Waals surface area contributed by atoms with Crippen molar-refractivity contribution in [3.8, 4) is 0 Å². The molecule has 0 aliphatic carbocycles. The van der Waals surface area contributed by atoms with Crippen LogP contribution in [0.25, 0.3) is 0 Å². The quantitative estimate of drug-likeness (QED) is 0.474. The first-order chi connectivity index (χ1) is 4.70. The summed E-state index contributed by atoms with van der Waals surface area (Å²) in [5, 5.41) is 0. The van der Waals surface area contributed by atoms with Gasteiger partial charge < -0.3 is 5.73 Å². The van der Waals surface area contributed by atoms with Crippen LogP contribution in [0.1, 0.15) is 10.4 Å². The average molecular weight is 177 g/mol. The number of benzene rings is 1. The molecule has 0 radical (unpaired) electrons. The van der Waals surface area contributed by atoms with Gasteiger partial charge in [0.25, 0.3) is 0 Å². The number of carbonyl (C=O) groups excluding carboxylic acids is 1. The van der Waals surface area contributed by atoms with E-state index >= 15 is 0 Å². The molecule has 0 unspecified atom stereocenters. The van der Waals surface area contributed by atoms with Gasteiger partial charge in [0.15, 0.2) is 0 Å². The van der Waals surface area contributed by atoms with Gasteiger partial charge in [-0.3, -0.25) is 4.79 Å². The van der Waals surface area contributed by atoms with Gasteiger partial charge in [0.05, 0.1) is 0 Å². The topological polar surface area (TPSA) is 43.1 Å². The Balaban J connectivity index is 0.000001000. The molecule has 1 aromatic rings. The normalized spacial score (nSPS) is 8.45. The molecule has 4 heteroatoms. The van der Waals surface area contributed by atoms with Crippen LogP contribution in [0, 0.1) is 0 Å². The van der Waals surface area contributed by atoms with E-state index < -0.39 is 5.91 Å². The molecule has 0 saturated heterocycles. The second-order valence-corrected chi connectivity index (χ2v) is 2.43. The summed E-state index contributed by atoms with van der Waals surface area (Å²) in [6, 6.07) is 6.74. The Labute approximate surface area is 92.9 Å². The van der Waals surface area contributed by atoms with Crippen LogP contribution in [0.4, 0.5) is 0 Å². The zero-order chi connectivity index (χ0) is 7.56. The monoisotopic (exact) mass is 177 g/mol. The van der Waals surface area contributed by atoms with E-state index in [2.05, 4.69) is 12.6 Å². The number of rotatable bonds is 1. The SMILES string of the molecule is NC(=O)c1ccc(S)cc1.[NaH]. The van der Waals surface area contributed by atoms with E-state index in [1.54, 1.807) is 24.3 Å². The van der Waals surface area contributed by atoms with Crippen molar-refractivity contribution in [2.75, 3.05) is 0 Å². The Bertz CT molecular complexity index is 247. The van der Waals surface area contributed by atoms with Crippen molar-refractivity contribution in [1.29, 1.82) is 0 Å². The van der Waals surface area contributed by atoms with E-state index in [1.807, 2.05) is 0 Å². The molecular formula is C7H8NNaOS. The van der Waals surface area contributed by atoms with Gasteiger partial charge in [0.2, 0.25) is 5.91 Å². The number of carbonyl (C=O) groups is 1. The van der Waals surface area contributed by atoms with Gasteiger partial charge in [-0.15, -0.1) is 12.6 Å². The van der Waals surface area contributed by atoms with Crippen LogP contribution >= 0.6 is 12.6 Å². The molecule has 0 fully saturated rings. The van der Waals surface area contributed by atoms with E-state index in [9.17, 15) is 4.79 Å². The molecule has 0 heterocycles. The fourth-order valence-electron chi connectivity index (χ4n) is 0.626. The van der Waals surface area contributed by atoms with E-state index in [1.165, 1.54) is 0 Å². The molecule has 1 aromatic carbocycles. The predicted octanol–water partition coefficient (Wildman–Crippen LogP) is 0.426. The standard InChI is InChI=1S/C7H7NOS.Na.H/c8-7(9)5-1-3-6(10)4-2-5;;/h1-4,10H,(H2,8,9);;. The minimum atomic E-state index is -0.409. The first-order valence-corrected chi connectivity index (χ1v) is 3.23. The summed E-state index contributed by atoms with van der Waals surface area (Å²) in [5.74, 6) is -0.409. The number of hydrogen-bond donors (Lipinski definition) is 2. The summed E-state index contributed by atoms with van der Waals surface area (Å²) in [6.07, 6.45) is 0. The third-order valence-corrected chi connectivity index (χ3v) is 1.45. The second-order valence-electron chi connectivity index (χ2n) is 1.91. The Kier molecular flexibility index (Phi) is 4.84. The summed E-state index contributed by atoms with van der Waals surface area (Å²) in [6.45, 7) is 0. The third kappa shape index (κ3) is 3.29. The molecule has 0 spiro atoms. The van der Waals surface area contributed by atoms with E-state index in [0.717, 1.165) is 4.90 Å². The summed E-state index contributed by atoms with van der Waals surface area (Å²) in [4.78, 5) is 11.3. The van der Waals surface area contributed by atoms with Gasteiger partial charge in [-0.1, -0.05) is 0 Å². The van der Waals surface area contributed by atoms with Crippen LogP contribution in [0.15, 0.2) is 29.2 Å². The van der Waals surface area contributed by atoms with Gasteiger partial charge >= 0.3 is 29.6 Å².